The average Bonchev–Trinajstić information content (AvgIpc) is 3.20. The number of carbonyl (C=O) groups excluding carboxylic acids is 1. The molecule has 3 heterocycles. The molecule has 2 aromatic rings. The molecule has 0 spiro atoms. The smallest absolute Gasteiger partial charge is 0.258 e. The standard InChI is InChI=1S/C20H19N3O4S/c24-20(18-9-4-10-22-11-13-28(25,26)21-19(18)22)23(15-17-8-5-12-27-17)14-16-6-2-1-3-7-16/h1-10,12H,11,13-15H2. The molecule has 8 heteroatoms. The van der Waals surface area contributed by atoms with Gasteiger partial charge < -0.3 is 14.2 Å². The molecule has 1 amide bonds. The number of carbonyl (C=O) groups is 1. The molecule has 1 aromatic carbocycles. The average molecular weight is 397 g/mol. The summed E-state index contributed by atoms with van der Waals surface area (Å²) in [6.07, 6.45) is 6.64. The van der Waals surface area contributed by atoms with Gasteiger partial charge in [0.05, 0.1) is 24.1 Å². The van der Waals surface area contributed by atoms with E-state index in [1.807, 2.05) is 30.3 Å². The van der Waals surface area contributed by atoms with Crippen molar-refractivity contribution >= 4 is 21.8 Å². The summed E-state index contributed by atoms with van der Waals surface area (Å²) in [5.41, 5.74) is 1.22. The molecule has 0 fully saturated rings. The maximum absolute atomic E-state index is 13.4. The maximum Gasteiger partial charge on any atom is 0.258 e. The Balaban J connectivity index is 1.67. The SMILES string of the molecule is O=C(C1=CC=CN2CCS(=O)(=O)N=C12)N(Cc1ccccc1)Cc1ccco1. The number of benzene rings is 1. The number of furan rings is 1. The Labute approximate surface area is 163 Å². The van der Waals surface area contributed by atoms with Gasteiger partial charge in [0.25, 0.3) is 15.9 Å². The molecular weight excluding hydrogens is 378 g/mol. The molecule has 4 rings (SSSR count). The molecule has 1 aromatic heterocycles. The first-order valence-electron chi connectivity index (χ1n) is 8.85. The van der Waals surface area contributed by atoms with Crippen LogP contribution in [0, 0.1) is 0 Å². The minimum Gasteiger partial charge on any atom is -0.467 e. The Morgan fingerprint density at radius 3 is 2.71 bits per heavy atom. The fourth-order valence-corrected chi connectivity index (χ4v) is 4.13. The highest BCUT2D eigenvalue weighted by Gasteiger charge is 2.32. The van der Waals surface area contributed by atoms with Crippen molar-refractivity contribution in [3.8, 4) is 0 Å². The zero-order chi connectivity index (χ0) is 19.6. The minimum absolute atomic E-state index is 0.0670. The lowest BCUT2D eigenvalue weighted by Crippen LogP contribution is -2.43. The Kier molecular flexibility index (Phi) is 4.87. The van der Waals surface area contributed by atoms with Crippen molar-refractivity contribution in [2.75, 3.05) is 12.3 Å². The summed E-state index contributed by atoms with van der Waals surface area (Å²) in [6.45, 7) is 0.905. The van der Waals surface area contributed by atoms with E-state index in [9.17, 15) is 13.2 Å². The first-order chi connectivity index (χ1) is 13.5. The van der Waals surface area contributed by atoms with Gasteiger partial charge in [-0.05, 0) is 29.8 Å². The monoisotopic (exact) mass is 397 g/mol. The van der Waals surface area contributed by atoms with E-state index in [0.717, 1.165) is 5.56 Å². The van der Waals surface area contributed by atoms with Crippen LogP contribution in [0.15, 0.2) is 81.5 Å². The number of sulfonamides is 1. The quantitative estimate of drug-likeness (QED) is 0.773. The van der Waals surface area contributed by atoms with Crippen molar-refractivity contribution in [1.29, 1.82) is 0 Å². The van der Waals surface area contributed by atoms with Crippen LogP contribution in [0.3, 0.4) is 0 Å². The number of amidine groups is 1. The predicted octanol–water partition coefficient (Wildman–Crippen LogP) is 2.31. The topological polar surface area (TPSA) is 83.2 Å². The molecular formula is C20H19N3O4S. The normalized spacial score (nSPS) is 17.5. The number of rotatable bonds is 5. The number of fused-ring (bicyclic) bond motifs is 1. The van der Waals surface area contributed by atoms with Crippen molar-refractivity contribution in [3.63, 3.8) is 0 Å². The highest BCUT2D eigenvalue weighted by Crippen LogP contribution is 2.21. The van der Waals surface area contributed by atoms with Gasteiger partial charge in [-0.15, -0.1) is 4.40 Å². The van der Waals surface area contributed by atoms with Crippen LogP contribution in [0.25, 0.3) is 0 Å². The third-order valence-corrected chi connectivity index (χ3v) is 5.67. The van der Waals surface area contributed by atoms with E-state index in [-0.39, 0.29) is 36.2 Å². The van der Waals surface area contributed by atoms with Crippen molar-refractivity contribution in [3.05, 3.63) is 84.0 Å². The van der Waals surface area contributed by atoms with Gasteiger partial charge in [-0.1, -0.05) is 30.3 Å². The van der Waals surface area contributed by atoms with Gasteiger partial charge in [0.15, 0.2) is 5.84 Å². The third-order valence-electron chi connectivity index (χ3n) is 4.52. The number of nitrogens with zero attached hydrogens (tertiary/aromatic N) is 3. The second kappa shape index (κ2) is 7.47. The molecule has 0 N–H and O–H groups in total. The fraction of sp³-hybridized carbons (Fsp3) is 0.200. The Bertz CT molecular complexity index is 1050. The molecule has 2 aliphatic rings. The Morgan fingerprint density at radius 1 is 1.14 bits per heavy atom. The van der Waals surface area contributed by atoms with E-state index >= 15 is 0 Å². The second-order valence-corrected chi connectivity index (χ2v) is 8.30. The number of amides is 1. The molecule has 0 radical (unpaired) electrons. The zero-order valence-electron chi connectivity index (χ0n) is 15.1. The lowest BCUT2D eigenvalue weighted by Gasteiger charge is -2.31. The van der Waals surface area contributed by atoms with Crippen LogP contribution in [0.4, 0.5) is 0 Å². The van der Waals surface area contributed by atoms with Crippen molar-refractivity contribution in [1.82, 2.24) is 9.80 Å². The fourth-order valence-electron chi connectivity index (χ4n) is 3.15. The highest BCUT2D eigenvalue weighted by atomic mass is 32.2. The van der Waals surface area contributed by atoms with Gasteiger partial charge in [0.1, 0.15) is 5.76 Å². The summed E-state index contributed by atoms with van der Waals surface area (Å²) >= 11 is 0. The molecule has 0 unspecified atom stereocenters. The van der Waals surface area contributed by atoms with E-state index < -0.39 is 10.0 Å². The summed E-state index contributed by atoms with van der Waals surface area (Å²) < 4.78 is 33.2. The third kappa shape index (κ3) is 3.91. The van der Waals surface area contributed by atoms with Crippen LogP contribution in [0.2, 0.25) is 0 Å². The van der Waals surface area contributed by atoms with Gasteiger partial charge in [-0.25, -0.2) is 8.42 Å². The molecule has 28 heavy (non-hydrogen) atoms. The van der Waals surface area contributed by atoms with Gasteiger partial charge in [0, 0.05) is 19.3 Å². The molecule has 0 aliphatic carbocycles. The lowest BCUT2D eigenvalue weighted by molar-refractivity contribution is -0.128. The van der Waals surface area contributed by atoms with Crippen molar-refractivity contribution in [2.45, 2.75) is 13.1 Å². The van der Waals surface area contributed by atoms with Gasteiger partial charge in [0.2, 0.25) is 0 Å². The molecule has 2 aliphatic heterocycles. The molecule has 0 atom stereocenters. The first kappa shape index (κ1) is 18.2. The lowest BCUT2D eigenvalue weighted by atomic mass is 10.1. The number of allylic oxidation sites excluding steroid dienone is 2. The summed E-state index contributed by atoms with van der Waals surface area (Å²) in [5.74, 6) is 0.454. The molecule has 0 bridgehead atoms. The molecule has 0 saturated heterocycles. The zero-order valence-corrected chi connectivity index (χ0v) is 15.9. The van der Waals surface area contributed by atoms with Crippen LogP contribution in [-0.2, 0) is 27.9 Å². The van der Waals surface area contributed by atoms with Crippen LogP contribution >= 0.6 is 0 Å². The van der Waals surface area contributed by atoms with Crippen LogP contribution in [0.1, 0.15) is 11.3 Å². The van der Waals surface area contributed by atoms with Crippen molar-refractivity contribution < 1.29 is 17.6 Å². The van der Waals surface area contributed by atoms with Gasteiger partial charge in [-0.2, -0.15) is 0 Å². The van der Waals surface area contributed by atoms with Gasteiger partial charge >= 0.3 is 0 Å². The van der Waals surface area contributed by atoms with E-state index in [0.29, 0.717) is 12.3 Å². The van der Waals surface area contributed by atoms with Crippen LogP contribution in [-0.4, -0.2) is 42.3 Å². The maximum atomic E-state index is 13.4. The number of hydrogen-bond acceptors (Lipinski definition) is 5. The number of hydrogen-bond donors (Lipinski definition) is 0. The minimum atomic E-state index is -3.57. The van der Waals surface area contributed by atoms with Gasteiger partial charge in [-0.3, -0.25) is 4.79 Å². The van der Waals surface area contributed by atoms with E-state index in [2.05, 4.69) is 4.40 Å². The highest BCUT2D eigenvalue weighted by molar-refractivity contribution is 7.90. The molecule has 0 saturated carbocycles. The van der Waals surface area contributed by atoms with Crippen molar-refractivity contribution in [2.24, 2.45) is 4.40 Å². The van der Waals surface area contributed by atoms with Crippen LogP contribution < -0.4 is 0 Å². The van der Waals surface area contributed by atoms with E-state index in [1.165, 1.54) is 0 Å². The summed E-state index contributed by atoms with van der Waals surface area (Å²) in [4.78, 5) is 16.7. The summed E-state index contributed by atoms with van der Waals surface area (Å²) in [5, 5.41) is 0. The molecule has 144 valence electrons. The van der Waals surface area contributed by atoms with E-state index in [1.54, 1.807) is 46.5 Å². The van der Waals surface area contributed by atoms with E-state index in [4.69, 9.17) is 4.42 Å². The first-order valence-corrected chi connectivity index (χ1v) is 10.5. The predicted molar refractivity (Wildman–Crippen MR) is 105 cm³/mol. The summed E-state index contributed by atoms with van der Waals surface area (Å²) in [7, 11) is -3.57. The Morgan fingerprint density at radius 2 is 1.96 bits per heavy atom. The Hall–Kier alpha value is -3.13. The second-order valence-electron chi connectivity index (χ2n) is 6.54. The van der Waals surface area contributed by atoms with Crippen LogP contribution in [0.5, 0.6) is 0 Å². The molecule has 7 nitrogen and oxygen atoms in total. The summed E-state index contributed by atoms with van der Waals surface area (Å²) in [6, 6.07) is 13.2. The largest absolute Gasteiger partial charge is 0.467 e.